The normalized spacial score (nSPS) is 14.2. The zero-order valence-corrected chi connectivity index (χ0v) is 20.5. The summed E-state index contributed by atoms with van der Waals surface area (Å²) >= 11 is 0. The molecular formula is C27H27F3N4O3. The zero-order valence-electron chi connectivity index (χ0n) is 20.5. The van der Waals surface area contributed by atoms with E-state index in [1.54, 1.807) is 18.0 Å². The average molecular weight is 513 g/mol. The minimum atomic E-state index is -1.56. The zero-order chi connectivity index (χ0) is 26.5. The Kier molecular flexibility index (Phi) is 7.95. The summed E-state index contributed by atoms with van der Waals surface area (Å²) in [4.78, 5) is 26.9. The molecule has 0 saturated carbocycles. The number of rotatable bonds is 7. The van der Waals surface area contributed by atoms with Crippen molar-refractivity contribution in [2.45, 2.75) is 32.2 Å². The molecule has 0 atom stereocenters. The van der Waals surface area contributed by atoms with Gasteiger partial charge >= 0.3 is 0 Å². The van der Waals surface area contributed by atoms with Crippen LogP contribution in [0.5, 0.6) is 5.75 Å². The number of anilines is 1. The van der Waals surface area contributed by atoms with Gasteiger partial charge in [-0.15, -0.1) is 0 Å². The molecule has 0 unspecified atom stereocenters. The van der Waals surface area contributed by atoms with Crippen LogP contribution in [0.3, 0.4) is 0 Å². The van der Waals surface area contributed by atoms with Crippen LogP contribution < -0.4 is 10.1 Å². The van der Waals surface area contributed by atoms with E-state index in [2.05, 4.69) is 10.4 Å². The number of likely N-dealkylation sites (tertiary alicyclic amines) is 1. The maximum Gasteiger partial charge on any atom is 0.248 e. The summed E-state index contributed by atoms with van der Waals surface area (Å²) in [5, 5.41) is 6.97. The molecule has 0 bridgehead atoms. The number of aromatic nitrogens is 2. The molecule has 194 valence electrons. The van der Waals surface area contributed by atoms with E-state index < -0.39 is 23.4 Å². The van der Waals surface area contributed by atoms with Crippen LogP contribution in [0.15, 0.2) is 48.8 Å². The van der Waals surface area contributed by atoms with E-state index in [0.717, 1.165) is 47.9 Å². The molecule has 2 amide bonds. The summed E-state index contributed by atoms with van der Waals surface area (Å²) in [6, 6.07) is 7.37. The largest absolute Gasteiger partial charge is 0.496 e. The molecule has 1 aromatic heterocycles. The molecule has 37 heavy (non-hydrogen) atoms. The number of halogens is 3. The predicted molar refractivity (Wildman–Crippen MR) is 132 cm³/mol. The average Bonchev–Trinajstić information content (AvgIpc) is 3.35. The number of carbonyl (C=O) groups excluding carboxylic acids is 2. The first kappa shape index (κ1) is 26.0. The lowest BCUT2D eigenvalue weighted by atomic mass is 10.0. The van der Waals surface area contributed by atoms with E-state index >= 15 is 0 Å². The molecule has 4 rings (SSSR count). The highest BCUT2D eigenvalue weighted by atomic mass is 19.2. The van der Waals surface area contributed by atoms with Crippen LogP contribution in [0, 0.1) is 24.4 Å². The Balaban J connectivity index is 1.29. The number of hydrogen-bond donors (Lipinski definition) is 1. The Morgan fingerprint density at radius 1 is 1.16 bits per heavy atom. The Bertz CT molecular complexity index is 1310. The molecule has 0 spiro atoms. The molecule has 7 nitrogen and oxygen atoms in total. The van der Waals surface area contributed by atoms with Gasteiger partial charge in [-0.25, -0.2) is 13.2 Å². The molecule has 1 aliphatic heterocycles. The van der Waals surface area contributed by atoms with Crippen molar-refractivity contribution in [3.8, 4) is 5.75 Å². The number of amides is 2. The smallest absolute Gasteiger partial charge is 0.248 e. The van der Waals surface area contributed by atoms with Crippen molar-refractivity contribution in [1.82, 2.24) is 14.7 Å². The van der Waals surface area contributed by atoms with E-state index in [0.29, 0.717) is 25.2 Å². The number of piperidine rings is 1. The second-order valence-electron chi connectivity index (χ2n) is 8.86. The fourth-order valence-corrected chi connectivity index (χ4v) is 4.36. The van der Waals surface area contributed by atoms with E-state index in [-0.39, 0.29) is 17.5 Å². The van der Waals surface area contributed by atoms with Crippen molar-refractivity contribution in [2.24, 2.45) is 0 Å². The Morgan fingerprint density at radius 3 is 2.54 bits per heavy atom. The van der Waals surface area contributed by atoms with Crippen LogP contribution in [0.2, 0.25) is 0 Å². The van der Waals surface area contributed by atoms with Gasteiger partial charge in [0.05, 0.1) is 31.5 Å². The van der Waals surface area contributed by atoms with Gasteiger partial charge in [0.15, 0.2) is 17.5 Å². The minimum absolute atomic E-state index is 0.0186. The third kappa shape index (κ3) is 6.19. The van der Waals surface area contributed by atoms with Crippen LogP contribution in [-0.2, 0) is 16.0 Å². The van der Waals surface area contributed by atoms with Crippen LogP contribution in [0.25, 0.3) is 6.08 Å². The van der Waals surface area contributed by atoms with Gasteiger partial charge in [-0.1, -0.05) is 12.1 Å². The monoisotopic (exact) mass is 512 g/mol. The van der Waals surface area contributed by atoms with Crippen molar-refractivity contribution in [1.29, 1.82) is 0 Å². The first-order valence-corrected chi connectivity index (χ1v) is 11.8. The van der Waals surface area contributed by atoms with Crippen molar-refractivity contribution in [3.05, 3.63) is 82.9 Å². The maximum absolute atomic E-state index is 13.3. The van der Waals surface area contributed by atoms with Gasteiger partial charge < -0.3 is 15.0 Å². The molecule has 1 aliphatic rings. The number of carbonyl (C=O) groups is 2. The SMILES string of the molecule is COc1cccc(CC(=O)N2CCC(n3cc(NC(=O)/C=C/c4cc(F)c(F)c(F)c4)cn3)CC2)c1C. The molecule has 1 fully saturated rings. The highest BCUT2D eigenvalue weighted by molar-refractivity contribution is 6.01. The highest BCUT2D eigenvalue weighted by Gasteiger charge is 2.25. The maximum atomic E-state index is 13.3. The van der Waals surface area contributed by atoms with Crippen molar-refractivity contribution >= 4 is 23.6 Å². The van der Waals surface area contributed by atoms with E-state index in [1.807, 2.05) is 30.0 Å². The van der Waals surface area contributed by atoms with Crippen LogP contribution in [0.1, 0.15) is 35.6 Å². The van der Waals surface area contributed by atoms with Gasteiger partial charge in [0.1, 0.15) is 5.75 Å². The summed E-state index contributed by atoms with van der Waals surface area (Å²) in [6.07, 6.45) is 7.24. The second-order valence-corrected chi connectivity index (χ2v) is 8.86. The quantitative estimate of drug-likeness (QED) is 0.369. The number of benzene rings is 2. The van der Waals surface area contributed by atoms with Crippen LogP contribution >= 0.6 is 0 Å². The number of methoxy groups -OCH3 is 1. The highest BCUT2D eigenvalue weighted by Crippen LogP contribution is 2.25. The van der Waals surface area contributed by atoms with Crippen molar-refractivity contribution in [3.63, 3.8) is 0 Å². The van der Waals surface area contributed by atoms with E-state index in [1.165, 1.54) is 12.3 Å². The van der Waals surface area contributed by atoms with Crippen LogP contribution in [-0.4, -0.2) is 46.7 Å². The van der Waals surface area contributed by atoms with Crippen molar-refractivity contribution in [2.75, 3.05) is 25.5 Å². The topological polar surface area (TPSA) is 76.5 Å². The number of nitrogens with one attached hydrogen (secondary N) is 1. The Hall–Kier alpha value is -4.08. The first-order valence-electron chi connectivity index (χ1n) is 11.8. The molecule has 0 radical (unpaired) electrons. The lowest BCUT2D eigenvalue weighted by molar-refractivity contribution is -0.131. The molecule has 2 heterocycles. The molecule has 1 N–H and O–H groups in total. The van der Waals surface area contributed by atoms with Crippen LogP contribution in [0.4, 0.5) is 18.9 Å². The van der Waals surface area contributed by atoms with E-state index in [9.17, 15) is 22.8 Å². The summed E-state index contributed by atoms with van der Waals surface area (Å²) in [5.41, 5.74) is 2.39. The van der Waals surface area contributed by atoms with Gasteiger partial charge in [0.25, 0.3) is 0 Å². The second kappa shape index (κ2) is 11.3. The third-order valence-corrected chi connectivity index (χ3v) is 6.45. The number of nitrogens with zero attached hydrogens (tertiary/aromatic N) is 3. The summed E-state index contributed by atoms with van der Waals surface area (Å²) < 4.78 is 46.8. The standard InChI is InChI=1S/C27H27F3N4O3/c1-17-19(4-3-5-24(17)37-2)14-26(36)33-10-8-21(9-11-33)34-16-20(15-31-34)32-25(35)7-6-18-12-22(28)27(30)23(29)13-18/h3-7,12-13,15-16,21H,8-11,14H2,1-2H3,(H,32,35)/b7-6+. The molecule has 0 aliphatic carbocycles. The molecule has 3 aromatic rings. The van der Waals surface area contributed by atoms with Gasteiger partial charge in [-0.2, -0.15) is 5.10 Å². The van der Waals surface area contributed by atoms with Crippen molar-refractivity contribution < 1.29 is 27.5 Å². The third-order valence-electron chi connectivity index (χ3n) is 6.45. The lowest BCUT2D eigenvalue weighted by Crippen LogP contribution is -2.40. The number of hydrogen-bond acceptors (Lipinski definition) is 4. The molecule has 10 heteroatoms. The summed E-state index contributed by atoms with van der Waals surface area (Å²) in [7, 11) is 1.61. The molecule has 2 aromatic carbocycles. The van der Waals surface area contributed by atoms with Gasteiger partial charge in [0, 0.05) is 25.4 Å². The molecule has 1 saturated heterocycles. The van der Waals surface area contributed by atoms with Gasteiger partial charge in [-0.05, 0) is 60.7 Å². The minimum Gasteiger partial charge on any atom is -0.496 e. The Morgan fingerprint density at radius 2 is 1.86 bits per heavy atom. The fraction of sp³-hybridized carbons (Fsp3) is 0.296. The summed E-state index contributed by atoms with van der Waals surface area (Å²) in [6.45, 7) is 3.14. The summed E-state index contributed by atoms with van der Waals surface area (Å²) in [5.74, 6) is -3.92. The predicted octanol–water partition coefficient (Wildman–Crippen LogP) is 4.68. The molecular weight excluding hydrogens is 485 g/mol. The number of ether oxygens (including phenoxy) is 1. The van der Waals surface area contributed by atoms with Gasteiger partial charge in [0.2, 0.25) is 11.8 Å². The van der Waals surface area contributed by atoms with E-state index in [4.69, 9.17) is 4.74 Å². The lowest BCUT2D eigenvalue weighted by Gasteiger charge is -2.32. The fourth-order valence-electron chi connectivity index (χ4n) is 4.36. The Labute approximate surface area is 212 Å². The first-order chi connectivity index (χ1) is 17.7. The van der Waals surface area contributed by atoms with Gasteiger partial charge in [-0.3, -0.25) is 14.3 Å².